The molecule has 0 fully saturated rings. The first kappa shape index (κ1) is 10.4. The summed E-state index contributed by atoms with van der Waals surface area (Å²) in [5, 5.41) is 5.61. The van der Waals surface area contributed by atoms with Gasteiger partial charge in [-0.25, -0.2) is 9.97 Å². The van der Waals surface area contributed by atoms with Crippen LogP contribution in [0, 0.1) is 0 Å². The van der Waals surface area contributed by atoms with Crippen LogP contribution < -0.4 is 5.14 Å². The van der Waals surface area contributed by atoms with Gasteiger partial charge in [0.15, 0.2) is 5.82 Å². The fourth-order valence-corrected chi connectivity index (χ4v) is 1.41. The monoisotopic (exact) mass is 199 g/mol. The first-order valence-electron chi connectivity index (χ1n) is 3.94. The van der Waals surface area contributed by atoms with Crippen molar-refractivity contribution in [2.45, 2.75) is 18.3 Å². The number of rotatable bonds is 4. The molecule has 4 nitrogen and oxygen atoms in total. The maximum absolute atomic E-state index is 5.47. The van der Waals surface area contributed by atoms with Crippen LogP contribution in [0.25, 0.3) is 0 Å². The van der Waals surface area contributed by atoms with Crippen molar-refractivity contribution in [1.29, 1.82) is 0 Å². The summed E-state index contributed by atoms with van der Waals surface area (Å²) in [6, 6.07) is 1.77. The molecule has 0 radical (unpaired) electrons. The molecular formula is C8H13N3OS. The van der Waals surface area contributed by atoms with E-state index in [1.165, 1.54) is 11.9 Å². The Morgan fingerprint density at radius 2 is 2.08 bits per heavy atom. The summed E-state index contributed by atoms with van der Waals surface area (Å²) in [6.45, 7) is 1.98. The van der Waals surface area contributed by atoms with Gasteiger partial charge in [-0.3, -0.25) is 5.14 Å². The van der Waals surface area contributed by atoms with Gasteiger partial charge < -0.3 is 4.74 Å². The molecule has 1 aromatic heterocycles. The fraction of sp³-hybridized carbons (Fsp3) is 0.500. The molecule has 1 rings (SSSR count). The van der Waals surface area contributed by atoms with Crippen LogP contribution in [0.4, 0.5) is 0 Å². The summed E-state index contributed by atoms with van der Waals surface area (Å²) in [4.78, 5) is 8.23. The highest BCUT2D eigenvalue weighted by Crippen LogP contribution is 2.22. The zero-order chi connectivity index (χ0) is 9.68. The molecule has 0 saturated heterocycles. The number of hydrogen-bond acceptors (Lipinski definition) is 5. The van der Waals surface area contributed by atoms with Crippen LogP contribution in [-0.4, -0.2) is 22.3 Å². The molecule has 0 aliphatic rings. The first-order chi connectivity index (χ1) is 6.29. The van der Waals surface area contributed by atoms with E-state index in [9.17, 15) is 0 Å². The zero-order valence-corrected chi connectivity index (χ0v) is 8.49. The van der Waals surface area contributed by atoms with Crippen molar-refractivity contribution in [2.24, 2.45) is 5.14 Å². The molecule has 0 bridgehead atoms. The third kappa shape index (κ3) is 2.65. The molecule has 72 valence electrons. The first-order valence-corrected chi connectivity index (χ1v) is 4.89. The summed E-state index contributed by atoms with van der Waals surface area (Å²) in [5.74, 6) is 0.676. The molecule has 1 heterocycles. The van der Waals surface area contributed by atoms with Crippen molar-refractivity contribution in [3.05, 3.63) is 24.3 Å². The largest absolute Gasteiger partial charge is 0.372 e. The van der Waals surface area contributed by atoms with Crippen molar-refractivity contribution >= 4 is 11.9 Å². The third-order valence-electron chi connectivity index (χ3n) is 1.74. The van der Waals surface area contributed by atoms with Crippen molar-refractivity contribution < 1.29 is 4.74 Å². The van der Waals surface area contributed by atoms with Gasteiger partial charge in [0, 0.05) is 24.8 Å². The second-order valence-corrected chi connectivity index (χ2v) is 3.62. The molecule has 2 N–H and O–H groups in total. The molecule has 5 heteroatoms. The van der Waals surface area contributed by atoms with Crippen molar-refractivity contribution in [3.63, 3.8) is 0 Å². The molecule has 0 saturated carbocycles. The van der Waals surface area contributed by atoms with Crippen LogP contribution in [0.5, 0.6) is 0 Å². The number of nitrogens with zero attached hydrogens (tertiary/aromatic N) is 2. The van der Waals surface area contributed by atoms with Crippen LogP contribution in [0.1, 0.15) is 18.9 Å². The Hall–Kier alpha value is -0.650. The van der Waals surface area contributed by atoms with Crippen molar-refractivity contribution in [3.8, 4) is 0 Å². The molecule has 0 spiro atoms. The lowest BCUT2D eigenvalue weighted by Gasteiger charge is -2.18. The maximum atomic E-state index is 5.47. The number of nitrogens with two attached hydrogens (primary N) is 1. The molecule has 2 atom stereocenters. The Morgan fingerprint density at radius 1 is 1.46 bits per heavy atom. The molecule has 1 aromatic rings. The van der Waals surface area contributed by atoms with Gasteiger partial charge in [-0.05, 0) is 13.0 Å². The number of aromatic nitrogens is 2. The van der Waals surface area contributed by atoms with E-state index in [1.54, 1.807) is 25.6 Å². The summed E-state index contributed by atoms with van der Waals surface area (Å²) in [5.41, 5.74) is 0. The van der Waals surface area contributed by atoms with Gasteiger partial charge in [0.1, 0.15) is 6.10 Å². The lowest BCUT2D eigenvalue weighted by molar-refractivity contribution is 0.0971. The lowest BCUT2D eigenvalue weighted by atomic mass is 10.2. The highest BCUT2D eigenvalue weighted by atomic mass is 32.2. The summed E-state index contributed by atoms with van der Waals surface area (Å²) < 4.78 is 5.26. The lowest BCUT2D eigenvalue weighted by Crippen LogP contribution is -2.18. The molecule has 2 unspecified atom stereocenters. The average molecular weight is 199 g/mol. The van der Waals surface area contributed by atoms with Crippen molar-refractivity contribution in [1.82, 2.24) is 9.97 Å². The van der Waals surface area contributed by atoms with Gasteiger partial charge in [0.2, 0.25) is 0 Å². The normalized spacial score (nSPS) is 15.3. The van der Waals surface area contributed by atoms with Gasteiger partial charge in [-0.1, -0.05) is 11.9 Å². The number of ether oxygens (including phenoxy) is 1. The van der Waals surface area contributed by atoms with Gasteiger partial charge in [0.05, 0.1) is 0 Å². The predicted octanol–water partition coefficient (Wildman–Crippen LogP) is 1.16. The Bertz CT molecular complexity index is 244. The number of methoxy groups -OCH3 is 1. The van der Waals surface area contributed by atoms with Gasteiger partial charge >= 0.3 is 0 Å². The van der Waals surface area contributed by atoms with E-state index in [0.717, 1.165) is 0 Å². The SMILES string of the molecule is COC(c1ncccn1)C(C)SN. The van der Waals surface area contributed by atoms with E-state index < -0.39 is 0 Å². The average Bonchev–Trinajstić information content (AvgIpc) is 2.20. The van der Waals surface area contributed by atoms with E-state index >= 15 is 0 Å². The topological polar surface area (TPSA) is 61.0 Å². The van der Waals surface area contributed by atoms with Crippen LogP contribution >= 0.6 is 11.9 Å². The van der Waals surface area contributed by atoms with E-state index in [2.05, 4.69) is 9.97 Å². The summed E-state index contributed by atoms with van der Waals surface area (Å²) >= 11 is 1.25. The molecular weight excluding hydrogens is 186 g/mol. The molecule has 0 aliphatic carbocycles. The van der Waals surface area contributed by atoms with Crippen LogP contribution in [0.15, 0.2) is 18.5 Å². The smallest absolute Gasteiger partial charge is 0.158 e. The molecule has 13 heavy (non-hydrogen) atoms. The third-order valence-corrected chi connectivity index (χ3v) is 2.41. The highest BCUT2D eigenvalue weighted by molar-refractivity contribution is 7.97. The van der Waals surface area contributed by atoms with Crippen LogP contribution in [0.2, 0.25) is 0 Å². The second kappa shape index (κ2) is 5.16. The quantitative estimate of drug-likeness (QED) is 0.737. The van der Waals surface area contributed by atoms with Gasteiger partial charge in [0.25, 0.3) is 0 Å². The predicted molar refractivity (Wildman–Crippen MR) is 53.0 cm³/mol. The standard InChI is InChI=1S/C8H13N3OS/c1-6(13-9)7(12-2)8-10-4-3-5-11-8/h3-7H,9H2,1-2H3. The van der Waals surface area contributed by atoms with E-state index in [0.29, 0.717) is 5.82 Å². The van der Waals surface area contributed by atoms with Crippen molar-refractivity contribution in [2.75, 3.05) is 7.11 Å². The Balaban J connectivity index is 2.78. The minimum Gasteiger partial charge on any atom is -0.372 e. The minimum atomic E-state index is -0.142. The van der Waals surface area contributed by atoms with Gasteiger partial charge in [-0.15, -0.1) is 0 Å². The molecule has 0 aliphatic heterocycles. The molecule has 0 aromatic carbocycles. The van der Waals surface area contributed by atoms with Crippen LogP contribution in [0.3, 0.4) is 0 Å². The fourth-order valence-electron chi connectivity index (χ4n) is 1.04. The minimum absolute atomic E-state index is 0.142. The molecule has 0 amide bonds. The highest BCUT2D eigenvalue weighted by Gasteiger charge is 2.20. The zero-order valence-electron chi connectivity index (χ0n) is 7.68. The van der Waals surface area contributed by atoms with Crippen LogP contribution in [-0.2, 0) is 4.74 Å². The second-order valence-electron chi connectivity index (χ2n) is 2.60. The van der Waals surface area contributed by atoms with E-state index in [4.69, 9.17) is 9.88 Å². The summed E-state index contributed by atoms with van der Waals surface area (Å²) in [7, 11) is 1.63. The Labute approximate surface area is 82.0 Å². The van der Waals surface area contributed by atoms with E-state index in [-0.39, 0.29) is 11.4 Å². The van der Waals surface area contributed by atoms with E-state index in [1.807, 2.05) is 6.92 Å². The van der Waals surface area contributed by atoms with Gasteiger partial charge in [-0.2, -0.15) is 0 Å². The number of hydrogen-bond donors (Lipinski definition) is 1. The maximum Gasteiger partial charge on any atom is 0.158 e. The summed E-state index contributed by atoms with van der Waals surface area (Å²) in [6.07, 6.45) is 3.25. The Kier molecular flexibility index (Phi) is 4.14. The Morgan fingerprint density at radius 3 is 2.54 bits per heavy atom.